The zero-order valence-corrected chi connectivity index (χ0v) is 13.0. The molecule has 116 valence electrons. The molecule has 0 spiro atoms. The molecule has 0 fully saturated rings. The first-order valence-corrected chi connectivity index (χ1v) is 7.30. The van der Waals surface area contributed by atoms with Gasteiger partial charge in [-0.1, -0.05) is 19.1 Å². The average Bonchev–Trinajstić information content (AvgIpc) is 2.50. The summed E-state index contributed by atoms with van der Waals surface area (Å²) in [6.45, 7) is 5.79. The van der Waals surface area contributed by atoms with Crippen LogP contribution < -0.4 is 10.1 Å². The predicted octanol–water partition coefficient (Wildman–Crippen LogP) is 4.24. The van der Waals surface area contributed by atoms with Gasteiger partial charge in [0.05, 0.1) is 0 Å². The average molecular weight is 301 g/mol. The van der Waals surface area contributed by atoms with Gasteiger partial charge in [-0.2, -0.15) is 0 Å². The van der Waals surface area contributed by atoms with Crippen molar-refractivity contribution in [3.63, 3.8) is 0 Å². The zero-order chi connectivity index (χ0) is 16.1. The molecule has 0 heterocycles. The highest BCUT2D eigenvalue weighted by atomic mass is 19.1. The molecule has 1 N–H and O–H groups in total. The van der Waals surface area contributed by atoms with Crippen LogP contribution in [0.4, 0.5) is 10.1 Å². The molecule has 3 nitrogen and oxygen atoms in total. The summed E-state index contributed by atoms with van der Waals surface area (Å²) in [5, 5.41) is 2.90. The molecule has 0 radical (unpaired) electrons. The first kappa shape index (κ1) is 16.0. The number of carbonyl (C=O) groups excluding carboxylic acids is 1. The van der Waals surface area contributed by atoms with Crippen LogP contribution in [0.25, 0.3) is 0 Å². The summed E-state index contributed by atoms with van der Waals surface area (Å²) in [6, 6.07) is 11.5. The van der Waals surface area contributed by atoms with E-state index in [1.807, 2.05) is 39.0 Å². The van der Waals surface area contributed by atoms with Gasteiger partial charge in [0.15, 0.2) is 6.10 Å². The molecule has 0 aliphatic heterocycles. The molecule has 2 aromatic carbocycles. The molecule has 0 bridgehead atoms. The largest absolute Gasteiger partial charge is 0.481 e. The molecule has 0 saturated carbocycles. The van der Waals surface area contributed by atoms with E-state index in [0.29, 0.717) is 12.2 Å². The minimum Gasteiger partial charge on any atom is -0.481 e. The van der Waals surface area contributed by atoms with Gasteiger partial charge in [0.1, 0.15) is 11.6 Å². The number of nitrogens with one attached hydrogen (secondary N) is 1. The molecule has 0 unspecified atom stereocenters. The van der Waals surface area contributed by atoms with Crippen LogP contribution in [0.1, 0.15) is 24.5 Å². The topological polar surface area (TPSA) is 38.3 Å². The SMILES string of the molecule is CC[C@@H](Oc1ccc(F)cc1)C(=O)Nc1cc(C)ccc1C. The number of anilines is 1. The van der Waals surface area contributed by atoms with Gasteiger partial charge in [-0.3, -0.25) is 4.79 Å². The van der Waals surface area contributed by atoms with Crippen LogP contribution in [0.15, 0.2) is 42.5 Å². The minimum absolute atomic E-state index is 0.208. The second-order valence-electron chi connectivity index (χ2n) is 5.28. The molecule has 0 aliphatic carbocycles. The van der Waals surface area contributed by atoms with Crippen molar-refractivity contribution < 1.29 is 13.9 Å². The van der Waals surface area contributed by atoms with Crippen molar-refractivity contribution in [2.75, 3.05) is 5.32 Å². The Morgan fingerprint density at radius 3 is 2.50 bits per heavy atom. The second-order valence-corrected chi connectivity index (χ2v) is 5.28. The van der Waals surface area contributed by atoms with Gasteiger partial charge >= 0.3 is 0 Å². The maximum Gasteiger partial charge on any atom is 0.265 e. The Morgan fingerprint density at radius 2 is 1.86 bits per heavy atom. The third-order valence-electron chi connectivity index (χ3n) is 3.41. The fourth-order valence-corrected chi connectivity index (χ4v) is 2.08. The number of hydrogen-bond acceptors (Lipinski definition) is 2. The van der Waals surface area contributed by atoms with E-state index in [9.17, 15) is 9.18 Å². The molecular weight excluding hydrogens is 281 g/mol. The number of aryl methyl sites for hydroxylation is 2. The Labute approximate surface area is 130 Å². The summed E-state index contributed by atoms with van der Waals surface area (Å²) in [7, 11) is 0. The summed E-state index contributed by atoms with van der Waals surface area (Å²) in [5.74, 6) is -0.0647. The lowest BCUT2D eigenvalue weighted by atomic mass is 10.1. The predicted molar refractivity (Wildman–Crippen MR) is 85.7 cm³/mol. The smallest absolute Gasteiger partial charge is 0.265 e. The van der Waals surface area contributed by atoms with Gasteiger partial charge in [0.25, 0.3) is 5.91 Å². The maximum absolute atomic E-state index is 12.9. The van der Waals surface area contributed by atoms with Gasteiger partial charge in [-0.25, -0.2) is 4.39 Å². The van der Waals surface area contributed by atoms with Crippen molar-refractivity contribution in [3.05, 3.63) is 59.4 Å². The van der Waals surface area contributed by atoms with Crippen molar-refractivity contribution in [3.8, 4) is 5.75 Å². The molecule has 1 amide bonds. The van der Waals surface area contributed by atoms with Crippen molar-refractivity contribution in [1.82, 2.24) is 0 Å². The van der Waals surface area contributed by atoms with E-state index in [-0.39, 0.29) is 11.7 Å². The number of halogens is 1. The molecule has 1 atom stereocenters. The molecule has 0 aliphatic rings. The molecule has 0 saturated heterocycles. The maximum atomic E-state index is 12.9. The Kier molecular flexibility index (Phi) is 5.15. The monoisotopic (exact) mass is 301 g/mol. The molecule has 0 aromatic heterocycles. The van der Waals surface area contributed by atoms with Crippen LogP contribution in [0.3, 0.4) is 0 Å². The van der Waals surface area contributed by atoms with Gasteiger partial charge < -0.3 is 10.1 Å². The highest BCUT2D eigenvalue weighted by Gasteiger charge is 2.19. The van der Waals surface area contributed by atoms with E-state index in [0.717, 1.165) is 16.8 Å². The lowest BCUT2D eigenvalue weighted by molar-refractivity contribution is -0.122. The number of benzene rings is 2. The van der Waals surface area contributed by atoms with Crippen LogP contribution in [0.5, 0.6) is 5.75 Å². The van der Waals surface area contributed by atoms with Gasteiger partial charge in [-0.15, -0.1) is 0 Å². The lowest BCUT2D eigenvalue weighted by Gasteiger charge is -2.18. The van der Waals surface area contributed by atoms with E-state index in [1.165, 1.54) is 24.3 Å². The number of hydrogen-bond donors (Lipinski definition) is 1. The second kappa shape index (κ2) is 7.07. The molecular formula is C18H20FNO2. The Balaban J connectivity index is 2.08. The van der Waals surface area contributed by atoms with E-state index in [1.54, 1.807) is 0 Å². The molecule has 2 rings (SSSR count). The Hall–Kier alpha value is -2.36. The van der Waals surface area contributed by atoms with Crippen LogP contribution in [-0.4, -0.2) is 12.0 Å². The molecule has 22 heavy (non-hydrogen) atoms. The van der Waals surface area contributed by atoms with Crippen LogP contribution in [0, 0.1) is 19.7 Å². The molecule has 4 heteroatoms. The summed E-state index contributed by atoms with van der Waals surface area (Å²) < 4.78 is 18.5. The summed E-state index contributed by atoms with van der Waals surface area (Å²) in [4.78, 5) is 12.4. The normalized spacial score (nSPS) is 11.8. The van der Waals surface area contributed by atoms with Crippen LogP contribution in [-0.2, 0) is 4.79 Å². The lowest BCUT2D eigenvalue weighted by Crippen LogP contribution is -2.32. The fraction of sp³-hybridized carbons (Fsp3) is 0.278. The summed E-state index contributed by atoms with van der Waals surface area (Å²) in [5.41, 5.74) is 2.86. The number of carbonyl (C=O) groups is 1. The van der Waals surface area contributed by atoms with Crippen LogP contribution >= 0.6 is 0 Å². The van der Waals surface area contributed by atoms with Gasteiger partial charge in [-0.05, 0) is 61.7 Å². The van der Waals surface area contributed by atoms with Crippen LogP contribution in [0.2, 0.25) is 0 Å². The Morgan fingerprint density at radius 1 is 1.18 bits per heavy atom. The molecule has 2 aromatic rings. The standard InChI is InChI=1S/C18H20FNO2/c1-4-17(22-15-9-7-14(19)8-10-15)18(21)20-16-11-12(2)5-6-13(16)3/h5-11,17H,4H2,1-3H3,(H,20,21)/t17-/m1/s1. The third-order valence-corrected chi connectivity index (χ3v) is 3.41. The number of amides is 1. The fourth-order valence-electron chi connectivity index (χ4n) is 2.08. The first-order valence-electron chi connectivity index (χ1n) is 7.30. The summed E-state index contributed by atoms with van der Waals surface area (Å²) in [6.07, 6.45) is -0.0981. The van der Waals surface area contributed by atoms with E-state index in [2.05, 4.69) is 5.32 Å². The summed E-state index contributed by atoms with van der Waals surface area (Å²) >= 11 is 0. The van der Waals surface area contributed by atoms with Crippen molar-refractivity contribution in [2.45, 2.75) is 33.3 Å². The highest BCUT2D eigenvalue weighted by molar-refractivity contribution is 5.95. The quantitative estimate of drug-likeness (QED) is 0.897. The van der Waals surface area contributed by atoms with E-state index < -0.39 is 6.10 Å². The Bertz CT molecular complexity index is 653. The van der Waals surface area contributed by atoms with E-state index >= 15 is 0 Å². The van der Waals surface area contributed by atoms with E-state index in [4.69, 9.17) is 4.74 Å². The minimum atomic E-state index is -0.620. The van der Waals surface area contributed by atoms with Crippen molar-refractivity contribution in [1.29, 1.82) is 0 Å². The zero-order valence-electron chi connectivity index (χ0n) is 13.0. The van der Waals surface area contributed by atoms with Crippen molar-refractivity contribution >= 4 is 11.6 Å². The first-order chi connectivity index (χ1) is 10.5. The third kappa shape index (κ3) is 4.07. The number of rotatable bonds is 5. The van der Waals surface area contributed by atoms with Crippen molar-refractivity contribution in [2.24, 2.45) is 0 Å². The number of ether oxygens (including phenoxy) is 1. The highest BCUT2D eigenvalue weighted by Crippen LogP contribution is 2.19. The van der Waals surface area contributed by atoms with Gasteiger partial charge in [0, 0.05) is 5.69 Å². The van der Waals surface area contributed by atoms with Gasteiger partial charge in [0.2, 0.25) is 0 Å².